The molecule has 1 aromatic heterocycles. The average molecular weight is 374 g/mol. The molecular weight excluding hydrogens is 346 g/mol. The fourth-order valence-electron chi connectivity index (χ4n) is 4.54. The molecule has 5 heteroatoms. The van der Waals surface area contributed by atoms with Gasteiger partial charge in [-0.05, 0) is 55.3 Å². The average Bonchev–Trinajstić information content (AvgIpc) is 3.13. The fourth-order valence-corrected chi connectivity index (χ4v) is 4.54. The van der Waals surface area contributed by atoms with Crippen LogP contribution in [0, 0.1) is 0 Å². The van der Waals surface area contributed by atoms with E-state index < -0.39 is 0 Å². The molecule has 1 fully saturated rings. The third-order valence-electron chi connectivity index (χ3n) is 6.17. The van der Waals surface area contributed by atoms with Gasteiger partial charge < -0.3 is 16.1 Å². The minimum Gasteiger partial charge on any atom is -0.383 e. The highest BCUT2D eigenvalue weighted by Crippen LogP contribution is 2.40. The van der Waals surface area contributed by atoms with Gasteiger partial charge in [-0.15, -0.1) is 0 Å². The van der Waals surface area contributed by atoms with Gasteiger partial charge in [0, 0.05) is 48.7 Å². The van der Waals surface area contributed by atoms with Gasteiger partial charge in [-0.25, -0.2) is 9.99 Å². The van der Waals surface area contributed by atoms with Gasteiger partial charge in [0.25, 0.3) is 0 Å². The zero-order valence-corrected chi connectivity index (χ0v) is 16.4. The summed E-state index contributed by atoms with van der Waals surface area (Å²) >= 11 is 0. The first-order chi connectivity index (χ1) is 13.7. The Morgan fingerprint density at radius 2 is 1.82 bits per heavy atom. The molecule has 0 amide bonds. The Morgan fingerprint density at radius 3 is 2.68 bits per heavy atom. The summed E-state index contributed by atoms with van der Waals surface area (Å²) in [6, 6.07) is 17.3. The lowest BCUT2D eigenvalue weighted by molar-refractivity contribution is 0.179. The number of anilines is 2. The van der Waals surface area contributed by atoms with Crippen LogP contribution in [0.2, 0.25) is 0 Å². The maximum atomic E-state index is 6.38. The summed E-state index contributed by atoms with van der Waals surface area (Å²) in [6.07, 6.45) is 2.22. The number of benzene rings is 2. The van der Waals surface area contributed by atoms with E-state index in [9.17, 15) is 0 Å². The van der Waals surface area contributed by atoms with Crippen LogP contribution in [0.1, 0.15) is 29.0 Å². The van der Waals surface area contributed by atoms with Crippen LogP contribution in [0.25, 0.3) is 10.9 Å². The Labute approximate surface area is 166 Å². The summed E-state index contributed by atoms with van der Waals surface area (Å²) < 4.78 is 0. The van der Waals surface area contributed by atoms with Crippen molar-refractivity contribution in [3.05, 3.63) is 65.2 Å². The lowest BCUT2D eigenvalue weighted by atomic mass is 9.92. The lowest BCUT2D eigenvalue weighted by Gasteiger charge is -2.33. The molecule has 28 heavy (non-hydrogen) atoms. The van der Waals surface area contributed by atoms with Gasteiger partial charge in [0.1, 0.15) is 5.82 Å². The van der Waals surface area contributed by atoms with Crippen LogP contribution in [0.3, 0.4) is 0 Å². The number of piperazine rings is 1. The Bertz CT molecular complexity index is 1010. The number of nitrogen functional groups attached to an aromatic ring is 1. The van der Waals surface area contributed by atoms with Crippen molar-refractivity contribution in [2.45, 2.75) is 18.8 Å². The van der Waals surface area contributed by atoms with E-state index in [1.54, 1.807) is 0 Å². The number of hydrogen-bond acceptors (Lipinski definition) is 5. The Hall–Kier alpha value is -2.63. The van der Waals surface area contributed by atoms with Gasteiger partial charge in [-0.3, -0.25) is 0 Å². The maximum absolute atomic E-state index is 6.38. The third-order valence-corrected chi connectivity index (χ3v) is 6.17. The van der Waals surface area contributed by atoms with Crippen LogP contribution in [0.4, 0.5) is 11.5 Å². The third kappa shape index (κ3) is 3.21. The Morgan fingerprint density at radius 1 is 1.00 bits per heavy atom. The number of likely N-dealkylation sites (N-methyl/N-ethyl adjacent to an activating group) is 1. The number of fused-ring (bicyclic) bond motifs is 2. The normalized spacial score (nSPS) is 20.4. The summed E-state index contributed by atoms with van der Waals surface area (Å²) in [4.78, 5) is 7.08. The van der Waals surface area contributed by atoms with E-state index in [4.69, 9.17) is 10.7 Å². The number of hydrazine groups is 1. The number of hydrogen-bond donors (Lipinski definition) is 2. The van der Waals surface area contributed by atoms with Crippen LogP contribution < -0.4 is 11.2 Å². The molecule has 3 aromatic rings. The molecule has 0 spiro atoms. The molecule has 2 aromatic carbocycles. The molecule has 5 rings (SSSR count). The highest BCUT2D eigenvalue weighted by molar-refractivity contribution is 5.85. The minimum atomic E-state index is 0.349. The molecular formula is C23H27N5. The quantitative estimate of drug-likeness (QED) is 0.736. The second kappa shape index (κ2) is 7.08. The molecule has 0 bridgehead atoms. The van der Waals surface area contributed by atoms with E-state index in [1.165, 1.54) is 11.1 Å². The van der Waals surface area contributed by atoms with Crippen molar-refractivity contribution in [1.82, 2.24) is 14.9 Å². The zero-order chi connectivity index (χ0) is 19.1. The minimum absolute atomic E-state index is 0.349. The highest BCUT2D eigenvalue weighted by atomic mass is 15.5. The predicted octanol–water partition coefficient (Wildman–Crippen LogP) is 3.47. The van der Waals surface area contributed by atoms with Crippen LogP contribution in [-0.4, -0.2) is 48.1 Å². The molecule has 5 nitrogen and oxygen atoms in total. The Kier molecular flexibility index (Phi) is 4.41. The predicted molar refractivity (Wildman–Crippen MR) is 115 cm³/mol. The smallest absolute Gasteiger partial charge is 0.127 e. The molecule has 1 atom stereocenters. The lowest BCUT2D eigenvalue weighted by Crippen LogP contribution is -2.46. The van der Waals surface area contributed by atoms with Gasteiger partial charge in [0.2, 0.25) is 0 Å². The number of nitrogens with two attached hydrogens (primary N) is 1. The topological polar surface area (TPSA) is 57.4 Å². The molecule has 2 aliphatic rings. The standard InChI is InChI=1S/C23H27N5/c1-27-10-12-28(13-11-27)26-18-7-9-22-17(14-18)15-21(23(24)25-22)20-8-6-16-4-2-3-5-19(16)20/h2-5,7,9,14-15,20,26H,6,8,10-13H2,1H3,(H2,24,25)/t20-/m1/s1. The van der Waals surface area contributed by atoms with E-state index in [0.717, 1.165) is 61.2 Å². The molecule has 1 saturated heterocycles. The molecule has 3 N–H and O–H groups in total. The van der Waals surface area contributed by atoms with Crippen molar-refractivity contribution in [3.63, 3.8) is 0 Å². The van der Waals surface area contributed by atoms with Crippen molar-refractivity contribution in [3.8, 4) is 0 Å². The number of nitrogens with one attached hydrogen (secondary N) is 1. The summed E-state index contributed by atoms with van der Waals surface area (Å²) in [5.74, 6) is 1.01. The van der Waals surface area contributed by atoms with Crippen molar-refractivity contribution >= 4 is 22.4 Å². The molecule has 144 valence electrons. The number of aromatic nitrogens is 1. The summed E-state index contributed by atoms with van der Waals surface area (Å²) in [6.45, 7) is 4.23. The van der Waals surface area contributed by atoms with Crippen molar-refractivity contribution in [1.29, 1.82) is 0 Å². The summed E-state index contributed by atoms with van der Waals surface area (Å²) in [7, 11) is 2.17. The van der Waals surface area contributed by atoms with Gasteiger partial charge >= 0.3 is 0 Å². The molecule has 1 aliphatic heterocycles. The molecule has 0 unspecified atom stereocenters. The summed E-state index contributed by atoms with van der Waals surface area (Å²) in [5, 5.41) is 3.44. The monoisotopic (exact) mass is 373 g/mol. The first kappa shape index (κ1) is 17.5. The summed E-state index contributed by atoms with van der Waals surface area (Å²) in [5.41, 5.74) is 16.0. The van der Waals surface area contributed by atoms with Crippen LogP contribution in [0.15, 0.2) is 48.5 Å². The van der Waals surface area contributed by atoms with E-state index in [2.05, 4.69) is 70.9 Å². The number of rotatable bonds is 3. The van der Waals surface area contributed by atoms with Gasteiger partial charge in [-0.2, -0.15) is 0 Å². The SMILES string of the molecule is CN1CCN(Nc2ccc3nc(N)c([C@@H]4CCc5ccccc54)cc3c2)CC1. The zero-order valence-electron chi connectivity index (χ0n) is 16.4. The molecule has 2 heterocycles. The van der Waals surface area contributed by atoms with Crippen LogP contribution in [-0.2, 0) is 6.42 Å². The largest absolute Gasteiger partial charge is 0.383 e. The molecule has 0 radical (unpaired) electrons. The number of nitrogens with zero attached hydrogens (tertiary/aromatic N) is 3. The highest BCUT2D eigenvalue weighted by Gasteiger charge is 2.26. The van der Waals surface area contributed by atoms with E-state index in [0.29, 0.717) is 11.7 Å². The fraction of sp³-hybridized carbons (Fsp3) is 0.348. The first-order valence-corrected chi connectivity index (χ1v) is 10.2. The van der Waals surface area contributed by atoms with Crippen LogP contribution in [0.5, 0.6) is 0 Å². The Balaban J connectivity index is 1.46. The van der Waals surface area contributed by atoms with Crippen molar-refractivity contribution in [2.75, 3.05) is 44.4 Å². The van der Waals surface area contributed by atoms with Gasteiger partial charge in [-0.1, -0.05) is 24.3 Å². The molecule has 1 aliphatic carbocycles. The second-order valence-electron chi connectivity index (χ2n) is 8.06. The number of pyridine rings is 1. The maximum Gasteiger partial charge on any atom is 0.127 e. The van der Waals surface area contributed by atoms with Crippen molar-refractivity contribution in [2.24, 2.45) is 0 Å². The van der Waals surface area contributed by atoms with E-state index in [1.807, 2.05) is 0 Å². The van der Waals surface area contributed by atoms with Gasteiger partial charge in [0.05, 0.1) is 5.52 Å². The number of aryl methyl sites for hydroxylation is 1. The molecule has 0 saturated carbocycles. The van der Waals surface area contributed by atoms with Gasteiger partial charge in [0.15, 0.2) is 0 Å². The van der Waals surface area contributed by atoms with E-state index >= 15 is 0 Å². The van der Waals surface area contributed by atoms with Crippen molar-refractivity contribution < 1.29 is 0 Å². The van der Waals surface area contributed by atoms with Crippen LogP contribution >= 0.6 is 0 Å². The van der Waals surface area contributed by atoms with E-state index in [-0.39, 0.29) is 0 Å². The first-order valence-electron chi connectivity index (χ1n) is 10.2. The second-order valence-corrected chi connectivity index (χ2v) is 8.06.